The Morgan fingerprint density at radius 3 is 3.22 bits per heavy atom. The highest BCUT2D eigenvalue weighted by Gasteiger charge is 2.51. The van der Waals surface area contributed by atoms with Gasteiger partial charge >= 0.3 is 0 Å². The quantitative estimate of drug-likeness (QED) is 0.668. The molecule has 4 heteroatoms. The lowest BCUT2D eigenvalue weighted by atomic mass is 9.85. The smallest absolute Gasteiger partial charge is 0.203 e. The molecule has 2 bridgehead atoms. The van der Waals surface area contributed by atoms with Gasteiger partial charge in [-0.05, 0) is 34.4 Å². The molecular formula is C14H8O2S2. The van der Waals surface area contributed by atoms with Gasteiger partial charge in [-0.25, -0.2) is 9.78 Å². The first-order chi connectivity index (χ1) is 8.88. The molecule has 1 aromatic heterocycles. The second-order valence-electron chi connectivity index (χ2n) is 4.63. The second kappa shape index (κ2) is 3.08. The van der Waals surface area contributed by atoms with Gasteiger partial charge in [0.15, 0.2) is 0 Å². The fourth-order valence-electron chi connectivity index (χ4n) is 2.94. The molecule has 0 radical (unpaired) electrons. The maximum Gasteiger partial charge on any atom is 0.203 e. The highest BCUT2D eigenvalue weighted by Crippen LogP contribution is 2.60. The van der Waals surface area contributed by atoms with Gasteiger partial charge in [-0.2, -0.15) is 0 Å². The molecule has 88 valence electrons. The third kappa shape index (κ3) is 0.960. The van der Waals surface area contributed by atoms with Crippen LogP contribution in [0.15, 0.2) is 46.7 Å². The van der Waals surface area contributed by atoms with Gasteiger partial charge in [0.2, 0.25) is 4.93 Å². The van der Waals surface area contributed by atoms with Gasteiger partial charge in [0.25, 0.3) is 0 Å². The summed E-state index contributed by atoms with van der Waals surface area (Å²) < 4.78 is 1.32. The fourth-order valence-corrected chi connectivity index (χ4v) is 4.98. The van der Waals surface area contributed by atoms with E-state index in [1.54, 1.807) is 23.1 Å². The van der Waals surface area contributed by atoms with Gasteiger partial charge in [-0.3, -0.25) is 0 Å². The summed E-state index contributed by atoms with van der Waals surface area (Å²) in [5, 5.41) is 5.51. The van der Waals surface area contributed by atoms with Crippen molar-refractivity contribution in [2.45, 2.75) is 11.0 Å². The summed E-state index contributed by atoms with van der Waals surface area (Å²) in [7, 11) is 0. The van der Waals surface area contributed by atoms with Gasteiger partial charge < -0.3 is 0 Å². The highest BCUT2D eigenvalue weighted by atomic mass is 32.2. The third-order valence-electron chi connectivity index (χ3n) is 3.76. The molecule has 3 aliphatic heterocycles. The summed E-state index contributed by atoms with van der Waals surface area (Å²) in [4.78, 5) is 10.8. The van der Waals surface area contributed by atoms with Crippen LogP contribution < -0.4 is 0 Å². The molecule has 2 aromatic rings. The van der Waals surface area contributed by atoms with Crippen molar-refractivity contribution in [3.8, 4) is 0 Å². The Morgan fingerprint density at radius 1 is 1.22 bits per heavy atom. The second-order valence-corrected chi connectivity index (χ2v) is 6.62. The van der Waals surface area contributed by atoms with Crippen molar-refractivity contribution in [2.75, 3.05) is 0 Å². The summed E-state index contributed by atoms with van der Waals surface area (Å²) in [5.74, 6) is 0. The minimum Gasteiger partial charge on any atom is -0.222 e. The average molecular weight is 272 g/mol. The lowest BCUT2D eigenvalue weighted by Crippen LogP contribution is -2.37. The van der Waals surface area contributed by atoms with Crippen LogP contribution >= 0.6 is 23.1 Å². The Labute approximate surface area is 112 Å². The van der Waals surface area contributed by atoms with E-state index in [0.29, 0.717) is 0 Å². The summed E-state index contributed by atoms with van der Waals surface area (Å²) in [5.41, 5.74) is 3.75. The molecule has 6 rings (SSSR count). The average Bonchev–Trinajstić information content (AvgIpc) is 3.04. The molecule has 0 saturated carbocycles. The molecule has 0 fully saturated rings. The van der Waals surface area contributed by atoms with E-state index in [4.69, 9.17) is 9.78 Å². The molecule has 0 amide bonds. The van der Waals surface area contributed by atoms with E-state index in [9.17, 15) is 0 Å². The van der Waals surface area contributed by atoms with Crippen LogP contribution in [-0.4, -0.2) is 0 Å². The molecule has 4 heterocycles. The summed E-state index contributed by atoms with van der Waals surface area (Å²) in [6.45, 7) is 0. The van der Waals surface area contributed by atoms with Crippen molar-refractivity contribution in [3.63, 3.8) is 0 Å². The minimum atomic E-state index is -0.456. The first-order valence-corrected chi connectivity index (χ1v) is 7.56. The number of thioether (sulfide) groups is 1. The zero-order chi connectivity index (χ0) is 11.7. The molecule has 2 unspecified atom stereocenters. The van der Waals surface area contributed by atoms with Crippen LogP contribution in [-0.2, 0) is 14.7 Å². The van der Waals surface area contributed by atoms with Crippen LogP contribution in [0.5, 0.6) is 0 Å². The molecule has 1 aliphatic carbocycles. The van der Waals surface area contributed by atoms with Crippen LogP contribution in [0.25, 0.3) is 10.1 Å². The zero-order valence-electron chi connectivity index (χ0n) is 9.25. The van der Waals surface area contributed by atoms with Crippen LogP contribution in [0.3, 0.4) is 0 Å². The van der Waals surface area contributed by atoms with Crippen LogP contribution in [0.2, 0.25) is 0 Å². The lowest BCUT2D eigenvalue weighted by Gasteiger charge is -2.42. The molecule has 4 aliphatic rings. The van der Waals surface area contributed by atoms with E-state index in [-0.39, 0.29) is 6.10 Å². The standard InChI is InChI=1S/C14H8O2S2/c1-2-10-12(13-8(1)3-5-17-13)11-7-9-4-6-18-14(9,10)16-15-11/h1-7,11H. The number of rotatable bonds is 0. The Morgan fingerprint density at radius 2 is 2.22 bits per heavy atom. The van der Waals surface area contributed by atoms with Crippen molar-refractivity contribution in [1.29, 1.82) is 0 Å². The number of fused-ring (bicyclic) bond motifs is 2. The monoisotopic (exact) mass is 272 g/mol. The van der Waals surface area contributed by atoms with E-state index >= 15 is 0 Å². The highest BCUT2D eigenvalue weighted by molar-refractivity contribution is 8.03. The first-order valence-electron chi connectivity index (χ1n) is 5.80. The molecule has 2 atom stereocenters. The Hall–Kier alpha value is -1.07. The largest absolute Gasteiger partial charge is 0.222 e. The van der Waals surface area contributed by atoms with Gasteiger partial charge in [0, 0.05) is 21.4 Å². The fraction of sp³-hybridized carbons (Fsp3) is 0.143. The summed E-state index contributed by atoms with van der Waals surface area (Å²) >= 11 is 3.45. The van der Waals surface area contributed by atoms with Crippen molar-refractivity contribution in [3.05, 3.63) is 57.8 Å². The van der Waals surface area contributed by atoms with Gasteiger partial charge in [-0.1, -0.05) is 23.9 Å². The molecule has 0 N–H and O–H groups in total. The summed E-state index contributed by atoms with van der Waals surface area (Å²) in [6.07, 6.45) is 4.24. The normalized spacial score (nSPS) is 31.6. The number of thiophene rings is 1. The topological polar surface area (TPSA) is 18.5 Å². The number of hydrogen-bond acceptors (Lipinski definition) is 4. The summed E-state index contributed by atoms with van der Waals surface area (Å²) in [6, 6.07) is 6.53. The van der Waals surface area contributed by atoms with Crippen molar-refractivity contribution in [1.82, 2.24) is 0 Å². The SMILES string of the molecule is C1=CC2=CC3OOC2(S1)c1ccc2ccsc2c13. The van der Waals surface area contributed by atoms with Crippen molar-refractivity contribution >= 4 is 33.2 Å². The Bertz CT molecular complexity index is 743. The molecule has 1 spiro atoms. The van der Waals surface area contributed by atoms with Crippen molar-refractivity contribution in [2.24, 2.45) is 0 Å². The maximum atomic E-state index is 5.68. The van der Waals surface area contributed by atoms with Gasteiger partial charge in [0.05, 0.1) is 0 Å². The molecular weight excluding hydrogens is 264 g/mol. The van der Waals surface area contributed by atoms with Gasteiger partial charge in [0.1, 0.15) is 6.10 Å². The van der Waals surface area contributed by atoms with E-state index in [1.165, 1.54) is 26.8 Å². The van der Waals surface area contributed by atoms with Gasteiger partial charge in [-0.15, -0.1) is 11.3 Å². The molecule has 18 heavy (non-hydrogen) atoms. The van der Waals surface area contributed by atoms with Crippen LogP contribution in [0, 0.1) is 0 Å². The molecule has 2 nitrogen and oxygen atoms in total. The van der Waals surface area contributed by atoms with Crippen LogP contribution in [0.4, 0.5) is 0 Å². The predicted octanol–water partition coefficient (Wildman–Crippen LogP) is 4.26. The number of benzene rings is 1. The van der Waals surface area contributed by atoms with E-state index in [2.05, 4.69) is 41.1 Å². The van der Waals surface area contributed by atoms with E-state index < -0.39 is 4.93 Å². The Balaban J connectivity index is 1.93. The number of hydrogen-bond donors (Lipinski definition) is 0. The van der Waals surface area contributed by atoms with Crippen molar-refractivity contribution < 1.29 is 9.78 Å². The Kier molecular flexibility index (Phi) is 1.68. The maximum absolute atomic E-state index is 5.68. The lowest BCUT2D eigenvalue weighted by molar-refractivity contribution is -0.367. The first kappa shape index (κ1) is 9.81. The van der Waals surface area contributed by atoms with Crippen LogP contribution in [0.1, 0.15) is 17.2 Å². The molecule has 0 saturated heterocycles. The van der Waals surface area contributed by atoms with E-state index in [0.717, 1.165) is 0 Å². The van der Waals surface area contributed by atoms with E-state index in [1.807, 2.05) is 0 Å². The minimum absolute atomic E-state index is 0.0671. The zero-order valence-corrected chi connectivity index (χ0v) is 10.9. The third-order valence-corrected chi connectivity index (χ3v) is 5.85. The molecule has 1 aromatic carbocycles. The predicted molar refractivity (Wildman–Crippen MR) is 73.2 cm³/mol.